The van der Waals surface area contributed by atoms with E-state index in [0.29, 0.717) is 18.9 Å². The van der Waals surface area contributed by atoms with Crippen molar-refractivity contribution in [1.29, 1.82) is 0 Å². The molecule has 1 saturated carbocycles. The van der Waals surface area contributed by atoms with Gasteiger partial charge in [0.2, 0.25) is 5.91 Å². The van der Waals surface area contributed by atoms with E-state index in [1.54, 1.807) is 11.0 Å². The Hall–Kier alpha value is -2.17. The highest BCUT2D eigenvalue weighted by Gasteiger charge is 2.33. The molecule has 2 aromatic rings. The average Bonchev–Trinajstić information content (AvgIpc) is 3.19. The van der Waals surface area contributed by atoms with E-state index < -0.39 is 0 Å². The third-order valence-electron chi connectivity index (χ3n) is 3.88. The van der Waals surface area contributed by atoms with Gasteiger partial charge < -0.3 is 5.32 Å². The van der Waals surface area contributed by atoms with Gasteiger partial charge in [-0.3, -0.25) is 9.48 Å². The predicted octanol–water partition coefficient (Wildman–Crippen LogP) is 2.24. The summed E-state index contributed by atoms with van der Waals surface area (Å²) in [5.74, 6) is 0.658. The van der Waals surface area contributed by atoms with E-state index in [1.807, 2.05) is 0 Å². The molecule has 1 N–H and O–H groups in total. The first-order valence-electron chi connectivity index (χ1n) is 7.41. The van der Waals surface area contributed by atoms with Crippen molar-refractivity contribution in [2.45, 2.75) is 38.8 Å². The molecule has 0 saturated heterocycles. The number of hydrogen-bond donors (Lipinski definition) is 1. The number of nitrogens with zero attached hydrogens (tertiary/aromatic N) is 3. The van der Waals surface area contributed by atoms with Crippen molar-refractivity contribution in [3.63, 3.8) is 0 Å². The second kappa shape index (κ2) is 6.08. The number of carbonyl (C=O) groups excluding carboxylic acids is 1. The van der Waals surface area contributed by atoms with Crippen molar-refractivity contribution in [2.24, 2.45) is 5.92 Å². The van der Waals surface area contributed by atoms with E-state index in [9.17, 15) is 4.79 Å². The summed E-state index contributed by atoms with van der Waals surface area (Å²) >= 11 is 0. The monoisotopic (exact) mass is 284 g/mol. The maximum absolute atomic E-state index is 12.1. The zero-order valence-corrected chi connectivity index (χ0v) is 12.2. The molecule has 0 spiro atoms. The van der Waals surface area contributed by atoms with Crippen LogP contribution in [0.5, 0.6) is 0 Å². The quantitative estimate of drug-likeness (QED) is 0.885. The van der Waals surface area contributed by atoms with Gasteiger partial charge in [0, 0.05) is 6.42 Å². The van der Waals surface area contributed by atoms with Crippen LogP contribution in [-0.2, 0) is 11.3 Å². The number of carbonyl (C=O) groups is 1. The Kier molecular flexibility index (Phi) is 3.99. The fraction of sp³-hybridized carbons (Fsp3) is 0.438. The highest BCUT2D eigenvalue weighted by molar-refractivity contribution is 5.76. The fourth-order valence-electron chi connectivity index (χ4n) is 2.49. The molecule has 5 heteroatoms. The van der Waals surface area contributed by atoms with Gasteiger partial charge in [0.1, 0.15) is 12.7 Å². The minimum Gasteiger partial charge on any atom is -0.349 e. The molecular formula is C16H20N4O. The second-order valence-corrected chi connectivity index (χ2v) is 5.70. The third-order valence-corrected chi connectivity index (χ3v) is 3.88. The first kappa shape index (κ1) is 13.8. The van der Waals surface area contributed by atoms with Gasteiger partial charge >= 0.3 is 0 Å². The van der Waals surface area contributed by atoms with Crippen molar-refractivity contribution < 1.29 is 4.79 Å². The molecule has 1 aliphatic rings. The predicted molar refractivity (Wildman–Crippen MR) is 79.4 cm³/mol. The Morgan fingerprint density at radius 3 is 2.76 bits per heavy atom. The van der Waals surface area contributed by atoms with E-state index in [-0.39, 0.29) is 11.9 Å². The molecule has 1 amide bonds. The van der Waals surface area contributed by atoms with Crippen LogP contribution in [0.15, 0.2) is 36.9 Å². The van der Waals surface area contributed by atoms with E-state index in [2.05, 4.69) is 46.6 Å². The van der Waals surface area contributed by atoms with Crippen LogP contribution in [0.2, 0.25) is 0 Å². The zero-order chi connectivity index (χ0) is 14.7. The van der Waals surface area contributed by atoms with Crippen LogP contribution in [0, 0.1) is 12.8 Å². The number of aryl methyl sites for hydroxylation is 2. The molecule has 1 heterocycles. The summed E-state index contributed by atoms with van der Waals surface area (Å²) in [5.41, 5.74) is 2.45. The van der Waals surface area contributed by atoms with E-state index >= 15 is 0 Å². The van der Waals surface area contributed by atoms with E-state index in [4.69, 9.17) is 0 Å². The smallest absolute Gasteiger partial charge is 0.222 e. The van der Waals surface area contributed by atoms with Crippen molar-refractivity contribution in [2.75, 3.05) is 0 Å². The minimum absolute atomic E-state index is 0.0722. The molecule has 1 aliphatic carbocycles. The van der Waals surface area contributed by atoms with Crippen molar-refractivity contribution in [3.05, 3.63) is 48.0 Å². The summed E-state index contributed by atoms with van der Waals surface area (Å²) in [6.45, 7) is 2.64. The molecule has 0 bridgehead atoms. The van der Waals surface area contributed by atoms with Crippen LogP contribution in [-0.4, -0.2) is 20.7 Å². The second-order valence-electron chi connectivity index (χ2n) is 5.70. The maximum Gasteiger partial charge on any atom is 0.222 e. The molecule has 0 radical (unpaired) electrons. The van der Waals surface area contributed by atoms with Gasteiger partial charge in [0.15, 0.2) is 0 Å². The topological polar surface area (TPSA) is 59.8 Å². The fourth-order valence-corrected chi connectivity index (χ4v) is 2.49. The molecule has 1 unspecified atom stereocenters. The summed E-state index contributed by atoms with van der Waals surface area (Å²) in [6.07, 6.45) is 5.94. The highest BCUT2D eigenvalue weighted by Crippen LogP contribution is 2.41. The number of benzene rings is 1. The molecule has 110 valence electrons. The Balaban J connectivity index is 1.59. The molecule has 1 atom stereocenters. The minimum atomic E-state index is 0.0722. The van der Waals surface area contributed by atoms with Crippen LogP contribution in [0.25, 0.3) is 0 Å². The summed E-state index contributed by atoms with van der Waals surface area (Å²) in [6, 6.07) is 8.60. The van der Waals surface area contributed by atoms with Gasteiger partial charge in [0.25, 0.3) is 0 Å². The first-order chi connectivity index (χ1) is 10.2. The number of amides is 1. The van der Waals surface area contributed by atoms with Gasteiger partial charge in [-0.05, 0) is 31.2 Å². The summed E-state index contributed by atoms with van der Waals surface area (Å²) in [7, 11) is 0. The molecule has 21 heavy (non-hydrogen) atoms. The molecule has 3 rings (SSSR count). The normalized spacial score (nSPS) is 15.7. The highest BCUT2D eigenvalue weighted by atomic mass is 16.1. The lowest BCUT2D eigenvalue weighted by Gasteiger charge is -2.19. The summed E-state index contributed by atoms with van der Waals surface area (Å²) < 4.78 is 1.68. The Bertz CT molecular complexity index is 587. The van der Waals surface area contributed by atoms with Crippen LogP contribution < -0.4 is 5.32 Å². The van der Waals surface area contributed by atoms with Crippen molar-refractivity contribution in [3.8, 4) is 0 Å². The van der Waals surface area contributed by atoms with Gasteiger partial charge in [-0.2, -0.15) is 5.10 Å². The average molecular weight is 284 g/mol. The Labute approximate surface area is 124 Å². The number of aromatic nitrogens is 3. The van der Waals surface area contributed by atoms with Gasteiger partial charge in [-0.1, -0.05) is 29.8 Å². The standard InChI is InChI=1S/C16H20N4O/c1-12-2-4-13(5-3-12)16(14-6-7-14)19-15(21)8-9-20-11-17-10-18-20/h2-5,10-11,14,16H,6-9H2,1H3,(H,19,21). The summed E-state index contributed by atoms with van der Waals surface area (Å²) in [5, 5.41) is 7.18. The first-order valence-corrected chi connectivity index (χ1v) is 7.41. The lowest BCUT2D eigenvalue weighted by atomic mass is 10.0. The zero-order valence-electron chi connectivity index (χ0n) is 12.2. The molecule has 1 fully saturated rings. The van der Waals surface area contributed by atoms with Crippen LogP contribution in [0.4, 0.5) is 0 Å². The largest absolute Gasteiger partial charge is 0.349 e. The Morgan fingerprint density at radius 2 is 2.14 bits per heavy atom. The number of rotatable bonds is 6. The molecule has 1 aromatic heterocycles. The SMILES string of the molecule is Cc1ccc(C(NC(=O)CCn2cncn2)C2CC2)cc1. The molecule has 1 aromatic carbocycles. The third kappa shape index (κ3) is 3.68. The lowest BCUT2D eigenvalue weighted by Crippen LogP contribution is -2.30. The van der Waals surface area contributed by atoms with Crippen molar-refractivity contribution >= 4 is 5.91 Å². The van der Waals surface area contributed by atoms with Crippen LogP contribution in [0.1, 0.15) is 36.4 Å². The van der Waals surface area contributed by atoms with E-state index in [0.717, 1.165) is 0 Å². The van der Waals surface area contributed by atoms with Crippen LogP contribution in [0.3, 0.4) is 0 Å². The Morgan fingerprint density at radius 1 is 1.38 bits per heavy atom. The summed E-state index contributed by atoms with van der Waals surface area (Å²) in [4.78, 5) is 16.0. The van der Waals surface area contributed by atoms with E-state index in [1.165, 1.54) is 30.3 Å². The van der Waals surface area contributed by atoms with Gasteiger partial charge in [-0.25, -0.2) is 4.98 Å². The van der Waals surface area contributed by atoms with Crippen molar-refractivity contribution in [1.82, 2.24) is 20.1 Å². The lowest BCUT2D eigenvalue weighted by molar-refractivity contribution is -0.122. The molecular weight excluding hydrogens is 264 g/mol. The maximum atomic E-state index is 12.1. The van der Waals surface area contributed by atoms with Gasteiger partial charge in [0.05, 0.1) is 12.6 Å². The number of hydrogen-bond acceptors (Lipinski definition) is 3. The number of nitrogens with one attached hydrogen (secondary N) is 1. The van der Waals surface area contributed by atoms with Crippen LogP contribution >= 0.6 is 0 Å². The molecule has 5 nitrogen and oxygen atoms in total. The van der Waals surface area contributed by atoms with Gasteiger partial charge in [-0.15, -0.1) is 0 Å². The molecule has 0 aliphatic heterocycles.